The molecule has 0 spiro atoms. The normalized spacial score (nSPS) is 12.9. The summed E-state index contributed by atoms with van der Waals surface area (Å²) in [7, 11) is 0. The number of aliphatic carboxylic acids is 1. The van der Waals surface area contributed by atoms with Crippen molar-refractivity contribution in [1.82, 2.24) is 5.32 Å². The largest absolute Gasteiger partial charge is 0.573 e. The zero-order valence-corrected chi connectivity index (χ0v) is 17.5. The summed E-state index contributed by atoms with van der Waals surface area (Å²) in [6.45, 7) is -1.34. The van der Waals surface area contributed by atoms with Crippen LogP contribution in [0.15, 0.2) is 48.5 Å². The number of carboxylic acids is 1. The molecule has 0 aliphatic heterocycles. The van der Waals surface area contributed by atoms with Crippen LogP contribution in [0.5, 0.6) is 11.5 Å². The van der Waals surface area contributed by atoms with Crippen molar-refractivity contribution in [2.75, 3.05) is 13.1 Å². The van der Waals surface area contributed by atoms with Gasteiger partial charge in [-0.3, -0.25) is 0 Å². The zero-order chi connectivity index (χ0) is 26.5. The molecule has 0 amide bonds. The number of alkyl halides is 9. The summed E-state index contributed by atoms with van der Waals surface area (Å²) in [5.74, 6) is -3.33. The highest BCUT2D eigenvalue weighted by Crippen LogP contribution is 2.39. The van der Waals surface area contributed by atoms with Gasteiger partial charge in [-0.1, -0.05) is 24.3 Å². The summed E-state index contributed by atoms with van der Waals surface area (Å²) in [6.07, 6.45) is -17.2. The van der Waals surface area contributed by atoms with E-state index in [-0.39, 0.29) is 11.1 Å². The third-order valence-corrected chi connectivity index (χ3v) is 4.70. The average molecular weight is 518 g/mol. The number of nitrogens with one attached hydrogen (secondary N) is 1. The maximum absolute atomic E-state index is 12.7. The van der Waals surface area contributed by atoms with Crippen LogP contribution in [0.25, 0.3) is 0 Å². The fourth-order valence-corrected chi connectivity index (χ4v) is 3.40. The van der Waals surface area contributed by atoms with Gasteiger partial charge < -0.3 is 24.7 Å². The van der Waals surface area contributed by atoms with Crippen LogP contribution in [0.3, 0.4) is 0 Å². The fourth-order valence-electron chi connectivity index (χ4n) is 3.40. The Morgan fingerprint density at radius 3 is 1.63 bits per heavy atom. The summed E-state index contributed by atoms with van der Waals surface area (Å²) in [5.41, 5.74) is -2.38. The van der Waals surface area contributed by atoms with Crippen molar-refractivity contribution in [3.63, 3.8) is 0 Å². The summed E-state index contributed by atoms with van der Waals surface area (Å²) >= 11 is 0. The first-order chi connectivity index (χ1) is 16.0. The Kier molecular flexibility index (Phi) is 8.52. The second kappa shape index (κ2) is 10.6. The van der Waals surface area contributed by atoms with E-state index in [0.717, 1.165) is 48.5 Å². The summed E-state index contributed by atoms with van der Waals surface area (Å²) in [4.78, 5) is 11.6. The quantitative estimate of drug-likeness (QED) is 0.372. The summed E-state index contributed by atoms with van der Waals surface area (Å²) < 4.78 is 122. The van der Waals surface area contributed by atoms with Crippen LogP contribution >= 0.6 is 0 Å². The van der Waals surface area contributed by atoms with Gasteiger partial charge >= 0.3 is 18.9 Å². The minimum Gasteiger partial charge on any atom is -0.550 e. The Morgan fingerprint density at radius 1 is 0.800 bits per heavy atom. The van der Waals surface area contributed by atoms with Gasteiger partial charge in [-0.15, -0.1) is 26.3 Å². The van der Waals surface area contributed by atoms with Gasteiger partial charge in [0, 0.05) is 30.9 Å². The molecule has 1 N–H and O–H groups in total. The Labute approximate surface area is 192 Å². The number of benzene rings is 2. The predicted octanol–water partition coefficient (Wildman–Crippen LogP) is 4.45. The highest BCUT2D eigenvalue weighted by atomic mass is 19.4. The Bertz CT molecular complexity index is 944. The molecule has 2 rings (SSSR count). The van der Waals surface area contributed by atoms with Gasteiger partial charge in [-0.2, -0.15) is 13.2 Å². The Balaban J connectivity index is 2.61. The molecule has 2 aromatic carbocycles. The lowest BCUT2D eigenvalue weighted by Crippen LogP contribution is -2.44. The van der Waals surface area contributed by atoms with Crippen LogP contribution in [0.2, 0.25) is 0 Å². The van der Waals surface area contributed by atoms with Crippen molar-refractivity contribution in [3.8, 4) is 11.5 Å². The molecule has 0 saturated heterocycles. The molecule has 0 fully saturated rings. The standard InChI is InChI=1S/C21H18F9NO4/c22-19(23,24)7-8-31-12-18(11-17(32)33,13-3-1-5-15(9-13)34-20(25,26)27)14-4-2-6-16(10-14)35-21(28,29)30/h1-6,9-10,31H,7-8,11-12H2,(H,32,33)/p-1. The van der Waals surface area contributed by atoms with E-state index in [1.165, 1.54) is 0 Å². The molecule has 14 heteroatoms. The first-order valence-electron chi connectivity index (χ1n) is 9.69. The minimum absolute atomic E-state index is 0.202. The van der Waals surface area contributed by atoms with E-state index < -0.39 is 67.7 Å². The van der Waals surface area contributed by atoms with Crippen molar-refractivity contribution < 1.29 is 58.9 Å². The number of hydrogen-bond acceptors (Lipinski definition) is 5. The van der Waals surface area contributed by atoms with Gasteiger partial charge in [0.25, 0.3) is 0 Å². The van der Waals surface area contributed by atoms with E-state index in [4.69, 9.17) is 0 Å². The Hall–Kier alpha value is -3.16. The lowest BCUT2D eigenvalue weighted by atomic mass is 9.71. The summed E-state index contributed by atoms with van der Waals surface area (Å²) in [5, 5.41) is 14.0. The van der Waals surface area contributed by atoms with Crippen molar-refractivity contribution in [1.29, 1.82) is 0 Å². The molecule has 2 aromatic rings. The molecule has 0 radical (unpaired) electrons. The van der Waals surface area contributed by atoms with Crippen molar-refractivity contribution in [2.45, 2.75) is 37.2 Å². The predicted molar refractivity (Wildman–Crippen MR) is 100 cm³/mol. The van der Waals surface area contributed by atoms with Gasteiger partial charge in [0.15, 0.2) is 0 Å². The van der Waals surface area contributed by atoms with Crippen LogP contribution in [-0.2, 0) is 10.2 Å². The second-order valence-electron chi connectivity index (χ2n) is 7.32. The molecule has 5 nitrogen and oxygen atoms in total. The lowest BCUT2D eigenvalue weighted by Gasteiger charge is -2.36. The first kappa shape index (κ1) is 28.1. The number of hydrogen-bond donors (Lipinski definition) is 1. The summed E-state index contributed by atoms with van der Waals surface area (Å²) in [6, 6.07) is 7.81. The molecular weight excluding hydrogens is 501 g/mol. The molecule has 0 aromatic heterocycles. The van der Waals surface area contributed by atoms with E-state index in [1.807, 2.05) is 0 Å². The van der Waals surface area contributed by atoms with E-state index >= 15 is 0 Å². The highest BCUT2D eigenvalue weighted by Gasteiger charge is 2.38. The smallest absolute Gasteiger partial charge is 0.550 e. The number of ether oxygens (including phenoxy) is 2. The van der Waals surface area contributed by atoms with Gasteiger partial charge in [0.2, 0.25) is 0 Å². The van der Waals surface area contributed by atoms with Crippen LogP contribution in [0.1, 0.15) is 24.0 Å². The molecule has 0 atom stereocenters. The maximum atomic E-state index is 12.7. The van der Waals surface area contributed by atoms with Crippen molar-refractivity contribution in [3.05, 3.63) is 59.7 Å². The van der Waals surface area contributed by atoms with E-state index in [2.05, 4.69) is 14.8 Å². The molecule has 0 unspecified atom stereocenters. The number of carbonyl (C=O) groups is 1. The third kappa shape index (κ3) is 9.19. The molecule has 194 valence electrons. The van der Waals surface area contributed by atoms with Gasteiger partial charge in [0.1, 0.15) is 11.5 Å². The molecule has 0 bridgehead atoms. The zero-order valence-electron chi connectivity index (χ0n) is 17.5. The first-order valence-corrected chi connectivity index (χ1v) is 9.69. The SMILES string of the molecule is O=C([O-])CC(CNCCC(F)(F)F)(c1cccc(OC(F)(F)F)c1)c1cccc(OC(F)(F)F)c1. The molecule has 0 saturated carbocycles. The van der Waals surface area contributed by atoms with Crippen LogP contribution in [-0.4, -0.2) is 38.0 Å². The van der Waals surface area contributed by atoms with Gasteiger partial charge in [-0.25, -0.2) is 0 Å². The van der Waals surface area contributed by atoms with Crippen molar-refractivity contribution in [2.24, 2.45) is 0 Å². The van der Waals surface area contributed by atoms with E-state index in [1.54, 1.807) is 0 Å². The molecular formula is C21H17F9NO4-. The topological polar surface area (TPSA) is 70.6 Å². The number of carboxylic acid groups (broad SMARTS) is 1. The number of rotatable bonds is 10. The molecule has 35 heavy (non-hydrogen) atoms. The highest BCUT2D eigenvalue weighted by molar-refractivity contribution is 5.69. The average Bonchev–Trinajstić information content (AvgIpc) is 2.67. The lowest BCUT2D eigenvalue weighted by molar-refractivity contribution is -0.307. The van der Waals surface area contributed by atoms with Crippen LogP contribution in [0, 0.1) is 0 Å². The molecule has 0 aliphatic carbocycles. The van der Waals surface area contributed by atoms with E-state index in [0.29, 0.717) is 0 Å². The number of halogens is 9. The van der Waals surface area contributed by atoms with Gasteiger partial charge in [0.05, 0.1) is 6.42 Å². The van der Waals surface area contributed by atoms with Crippen molar-refractivity contribution >= 4 is 5.97 Å². The van der Waals surface area contributed by atoms with Crippen LogP contribution < -0.4 is 19.9 Å². The number of carbonyl (C=O) groups excluding carboxylic acids is 1. The molecule has 0 heterocycles. The maximum Gasteiger partial charge on any atom is 0.573 e. The van der Waals surface area contributed by atoms with Gasteiger partial charge in [-0.05, 0) is 35.4 Å². The van der Waals surface area contributed by atoms with E-state index in [9.17, 15) is 49.4 Å². The van der Waals surface area contributed by atoms with Crippen LogP contribution in [0.4, 0.5) is 39.5 Å². The second-order valence-corrected chi connectivity index (χ2v) is 7.32. The molecule has 0 aliphatic rings. The fraction of sp³-hybridized carbons (Fsp3) is 0.381. The Morgan fingerprint density at radius 2 is 1.26 bits per heavy atom. The monoisotopic (exact) mass is 518 g/mol. The minimum atomic E-state index is -5.12. The third-order valence-electron chi connectivity index (χ3n) is 4.70.